The second-order valence-corrected chi connectivity index (χ2v) is 11.0. The van der Waals surface area contributed by atoms with Gasteiger partial charge in [-0.1, -0.05) is 36.4 Å². The summed E-state index contributed by atoms with van der Waals surface area (Å²) in [7, 11) is 3.45. The van der Waals surface area contributed by atoms with Crippen LogP contribution in [0.1, 0.15) is 39.9 Å². The van der Waals surface area contributed by atoms with E-state index in [4.69, 9.17) is 0 Å². The molecule has 1 atom stereocenters. The number of hydrogen-bond acceptors (Lipinski definition) is 7. The van der Waals surface area contributed by atoms with Crippen molar-refractivity contribution in [3.05, 3.63) is 64.7 Å². The van der Waals surface area contributed by atoms with Gasteiger partial charge < -0.3 is 10.1 Å². The van der Waals surface area contributed by atoms with E-state index in [-0.39, 0.29) is 12.3 Å². The largest absolute Gasteiger partial charge is 0.359 e. The van der Waals surface area contributed by atoms with Crippen LogP contribution in [0.25, 0.3) is 0 Å². The molecule has 1 amide bonds. The lowest BCUT2D eigenvalue weighted by Crippen LogP contribution is -2.34. The third-order valence-electron chi connectivity index (χ3n) is 6.30. The van der Waals surface area contributed by atoms with Crippen LogP contribution >= 0.6 is 23.5 Å². The Morgan fingerprint density at radius 3 is 2.51 bits per heavy atom. The zero-order valence-corrected chi connectivity index (χ0v) is 22.2. The van der Waals surface area contributed by atoms with Gasteiger partial charge in [0.25, 0.3) is 0 Å². The van der Waals surface area contributed by atoms with Gasteiger partial charge in [-0.3, -0.25) is 19.4 Å². The maximum absolute atomic E-state index is 11.8. The number of benzene rings is 2. The summed E-state index contributed by atoms with van der Waals surface area (Å²) in [4.78, 5) is 40.5. The molecule has 0 spiro atoms. The number of nitrogens with zero attached hydrogens (tertiary/aromatic N) is 2. The second-order valence-electron chi connectivity index (χ2n) is 8.77. The average molecular weight is 514 g/mol. The van der Waals surface area contributed by atoms with Gasteiger partial charge >= 0.3 is 0 Å². The third kappa shape index (κ3) is 8.49. The van der Waals surface area contributed by atoms with E-state index >= 15 is 0 Å². The fourth-order valence-electron chi connectivity index (χ4n) is 4.08. The lowest BCUT2D eigenvalue weighted by molar-refractivity contribution is -0.121. The van der Waals surface area contributed by atoms with Gasteiger partial charge in [-0.05, 0) is 36.2 Å². The van der Waals surface area contributed by atoms with E-state index in [0.29, 0.717) is 18.5 Å². The number of hydrogen-bond donors (Lipinski definition) is 1. The molecule has 0 bridgehead atoms. The monoisotopic (exact) mass is 513 g/mol. The first kappa shape index (κ1) is 27.5. The highest BCUT2D eigenvalue weighted by molar-refractivity contribution is 7.99. The molecule has 6 nitrogen and oxygen atoms in total. The number of carbonyl (C=O) groups excluding carboxylic acids is 3. The molecular formula is C27H35N3O3S2. The van der Waals surface area contributed by atoms with Crippen molar-refractivity contribution in [3.63, 3.8) is 0 Å². The molecule has 3 rings (SSSR count). The Kier molecular flexibility index (Phi) is 11.3. The summed E-state index contributed by atoms with van der Waals surface area (Å²) in [5, 5.41) is 2.59. The number of likely N-dealkylation sites (N-methyl/N-ethyl adjacent to an activating group) is 1. The summed E-state index contributed by atoms with van der Waals surface area (Å²) in [6.45, 7) is 3.78. The third-order valence-corrected chi connectivity index (χ3v) is 8.41. The van der Waals surface area contributed by atoms with E-state index in [1.165, 1.54) is 22.6 Å². The first-order chi connectivity index (χ1) is 17.0. The van der Waals surface area contributed by atoms with Crippen LogP contribution in [-0.4, -0.2) is 73.0 Å². The van der Waals surface area contributed by atoms with E-state index < -0.39 is 6.04 Å². The summed E-state index contributed by atoms with van der Waals surface area (Å²) in [6.07, 6.45) is 2.48. The average Bonchev–Trinajstić information content (AvgIpc) is 2.89. The number of carbonyl (C=O) groups is 3. The summed E-state index contributed by atoms with van der Waals surface area (Å²) >= 11 is 3.73. The molecule has 0 aromatic heterocycles. The minimum absolute atomic E-state index is 0.0873. The van der Waals surface area contributed by atoms with Crippen molar-refractivity contribution in [2.75, 3.05) is 38.7 Å². The Balaban J connectivity index is 1.64. The standard InChI is InChI=1S/C27H35N3O3S2/c1-28-27(33)11-10-24(19-32)29(2)17-25-23(18-31)4-3-5-26(25)35-20-22-8-6-21(7-9-22)16-30-12-14-34-15-13-30/h3-9,18-19,24H,10-17,20H2,1-2H3,(H,28,33). The predicted molar refractivity (Wildman–Crippen MR) is 145 cm³/mol. The van der Waals surface area contributed by atoms with Crippen molar-refractivity contribution in [1.82, 2.24) is 15.1 Å². The van der Waals surface area contributed by atoms with Crippen LogP contribution in [0.2, 0.25) is 0 Å². The molecule has 188 valence electrons. The van der Waals surface area contributed by atoms with E-state index in [9.17, 15) is 14.4 Å². The summed E-state index contributed by atoms with van der Waals surface area (Å²) < 4.78 is 0. The van der Waals surface area contributed by atoms with Crippen LogP contribution in [0, 0.1) is 0 Å². The van der Waals surface area contributed by atoms with Gasteiger partial charge in [0.1, 0.15) is 12.6 Å². The molecule has 1 fully saturated rings. The number of thioether (sulfide) groups is 2. The molecule has 8 heteroatoms. The molecule has 1 aliphatic heterocycles. The summed E-state index contributed by atoms with van der Waals surface area (Å²) in [5.74, 6) is 3.14. The van der Waals surface area contributed by atoms with Gasteiger partial charge in [0, 0.05) is 67.4 Å². The van der Waals surface area contributed by atoms with E-state index in [0.717, 1.165) is 48.4 Å². The van der Waals surface area contributed by atoms with Gasteiger partial charge in [-0.2, -0.15) is 11.8 Å². The Morgan fingerprint density at radius 1 is 1.14 bits per heavy atom. The highest BCUT2D eigenvalue weighted by atomic mass is 32.2. The van der Waals surface area contributed by atoms with Crippen molar-refractivity contribution in [3.8, 4) is 0 Å². The normalized spacial score (nSPS) is 15.1. The van der Waals surface area contributed by atoms with Crippen molar-refractivity contribution in [2.24, 2.45) is 0 Å². The Morgan fingerprint density at radius 2 is 1.86 bits per heavy atom. The van der Waals surface area contributed by atoms with Crippen LogP contribution < -0.4 is 5.32 Å². The number of amides is 1. The van der Waals surface area contributed by atoms with Crippen LogP contribution in [0.4, 0.5) is 0 Å². The van der Waals surface area contributed by atoms with E-state index in [1.807, 2.05) is 41.9 Å². The van der Waals surface area contributed by atoms with E-state index in [2.05, 4.69) is 34.5 Å². The Bertz CT molecular complexity index is 978. The Labute approximate surface area is 217 Å². The molecule has 2 aromatic rings. The SMILES string of the molecule is CNC(=O)CCC(C=O)N(C)Cc1c(C=O)cccc1SCc1ccc(CN2CCSCC2)cc1. The molecule has 1 aliphatic rings. The number of nitrogens with one attached hydrogen (secondary N) is 1. The molecule has 0 saturated carbocycles. The first-order valence-electron chi connectivity index (χ1n) is 12.0. The zero-order valence-electron chi connectivity index (χ0n) is 20.6. The molecule has 1 saturated heterocycles. The van der Waals surface area contributed by atoms with Gasteiger partial charge in [0.15, 0.2) is 0 Å². The van der Waals surface area contributed by atoms with Crippen LogP contribution in [0.15, 0.2) is 47.4 Å². The zero-order chi connectivity index (χ0) is 25.0. The molecular weight excluding hydrogens is 478 g/mol. The highest BCUT2D eigenvalue weighted by Gasteiger charge is 2.19. The Hall–Kier alpha value is -2.13. The minimum Gasteiger partial charge on any atom is -0.359 e. The predicted octanol–water partition coefficient (Wildman–Crippen LogP) is 3.87. The maximum Gasteiger partial charge on any atom is 0.219 e. The molecule has 35 heavy (non-hydrogen) atoms. The minimum atomic E-state index is -0.393. The fourth-order valence-corrected chi connectivity index (χ4v) is 6.10. The summed E-state index contributed by atoms with van der Waals surface area (Å²) in [5.41, 5.74) is 4.13. The van der Waals surface area contributed by atoms with E-state index in [1.54, 1.807) is 18.8 Å². The topological polar surface area (TPSA) is 69.7 Å². The molecule has 1 N–H and O–H groups in total. The first-order valence-corrected chi connectivity index (χ1v) is 14.1. The van der Waals surface area contributed by atoms with Crippen molar-refractivity contribution in [2.45, 2.75) is 42.6 Å². The lowest BCUT2D eigenvalue weighted by atomic mass is 10.1. The van der Waals surface area contributed by atoms with Gasteiger partial charge in [-0.15, -0.1) is 11.8 Å². The van der Waals surface area contributed by atoms with Gasteiger partial charge in [0.05, 0.1) is 6.04 Å². The molecule has 2 aromatic carbocycles. The van der Waals surface area contributed by atoms with Crippen LogP contribution in [0.3, 0.4) is 0 Å². The van der Waals surface area contributed by atoms with Crippen molar-refractivity contribution in [1.29, 1.82) is 0 Å². The van der Waals surface area contributed by atoms with Gasteiger partial charge in [-0.25, -0.2) is 0 Å². The number of aldehydes is 2. The smallest absolute Gasteiger partial charge is 0.219 e. The van der Waals surface area contributed by atoms with Crippen LogP contribution in [-0.2, 0) is 28.4 Å². The highest BCUT2D eigenvalue weighted by Crippen LogP contribution is 2.30. The second kappa shape index (κ2) is 14.4. The number of rotatable bonds is 13. The maximum atomic E-state index is 11.8. The fraction of sp³-hybridized carbons (Fsp3) is 0.444. The van der Waals surface area contributed by atoms with Crippen molar-refractivity contribution < 1.29 is 14.4 Å². The van der Waals surface area contributed by atoms with Gasteiger partial charge in [0.2, 0.25) is 5.91 Å². The van der Waals surface area contributed by atoms with Crippen LogP contribution in [0.5, 0.6) is 0 Å². The molecule has 0 radical (unpaired) electrons. The summed E-state index contributed by atoms with van der Waals surface area (Å²) in [6, 6.07) is 14.2. The molecule has 0 aliphatic carbocycles. The quantitative estimate of drug-likeness (QED) is 0.322. The van der Waals surface area contributed by atoms with Crippen molar-refractivity contribution >= 4 is 42.0 Å². The molecule has 1 unspecified atom stereocenters. The molecule has 1 heterocycles. The lowest BCUT2D eigenvalue weighted by Gasteiger charge is -2.26.